The maximum Gasteiger partial charge on any atom is 0.239 e. The number of hydrogen-bond donors (Lipinski definition) is 2. The van der Waals surface area contributed by atoms with Gasteiger partial charge in [-0.05, 0) is 49.9 Å². The van der Waals surface area contributed by atoms with Crippen LogP contribution in [0.2, 0.25) is 0 Å². The Kier molecular flexibility index (Phi) is 6.35. The lowest BCUT2D eigenvalue weighted by Crippen LogP contribution is -2.42. The Bertz CT molecular complexity index is 996. The number of carbonyl (C=O) groups is 2. The second kappa shape index (κ2) is 9.21. The predicted molar refractivity (Wildman–Crippen MR) is 124 cm³/mol. The van der Waals surface area contributed by atoms with Crippen molar-refractivity contribution >= 4 is 23.2 Å². The van der Waals surface area contributed by atoms with Gasteiger partial charge in [-0.25, -0.2) is 0 Å². The van der Waals surface area contributed by atoms with Crippen LogP contribution in [0.25, 0.3) is 0 Å². The second-order valence-electron chi connectivity index (χ2n) is 8.76. The summed E-state index contributed by atoms with van der Waals surface area (Å²) in [4.78, 5) is 26.5. The summed E-state index contributed by atoms with van der Waals surface area (Å²) < 4.78 is 21.9. The quantitative estimate of drug-likeness (QED) is 0.564. The highest BCUT2D eigenvalue weighted by Gasteiger charge is 2.37. The van der Waals surface area contributed by atoms with Crippen LogP contribution in [0.1, 0.15) is 51.7 Å². The van der Waals surface area contributed by atoms with Crippen molar-refractivity contribution < 1.29 is 28.5 Å². The fourth-order valence-electron chi connectivity index (χ4n) is 3.81. The third kappa shape index (κ3) is 4.55. The van der Waals surface area contributed by atoms with Gasteiger partial charge in [0.25, 0.3) is 0 Å². The average Bonchev–Trinajstić information content (AvgIpc) is 3.42. The van der Waals surface area contributed by atoms with E-state index in [2.05, 4.69) is 24.5 Å². The predicted octanol–water partition coefficient (Wildman–Crippen LogP) is 4.65. The van der Waals surface area contributed by atoms with Crippen molar-refractivity contribution in [2.75, 3.05) is 24.2 Å². The lowest BCUT2D eigenvalue weighted by Gasteiger charge is -2.24. The zero-order chi connectivity index (χ0) is 23.6. The summed E-state index contributed by atoms with van der Waals surface area (Å²) in [6, 6.07) is 7.29. The number of nitrogens with one attached hydrogen (secondary N) is 2. The number of amides is 2. The Morgan fingerprint density at radius 2 is 1.09 bits per heavy atom. The van der Waals surface area contributed by atoms with E-state index in [1.807, 2.05) is 12.1 Å². The van der Waals surface area contributed by atoms with Crippen LogP contribution >= 0.6 is 0 Å². The first kappa shape index (κ1) is 22.8. The SMILES string of the molecule is CCCc1cc2c(cc1NC(=O)C(C)(C)C(=O)Nc1cc3c(cc1CCC)OCO3)OCO2. The average molecular weight is 455 g/mol. The van der Waals surface area contributed by atoms with Crippen molar-refractivity contribution in [3.8, 4) is 23.0 Å². The normalized spacial score (nSPS) is 13.7. The molecule has 8 heteroatoms. The van der Waals surface area contributed by atoms with Crippen LogP contribution in [0, 0.1) is 5.41 Å². The van der Waals surface area contributed by atoms with Gasteiger partial charge in [-0.1, -0.05) is 26.7 Å². The van der Waals surface area contributed by atoms with Gasteiger partial charge >= 0.3 is 0 Å². The highest BCUT2D eigenvalue weighted by atomic mass is 16.7. The standard InChI is InChI=1S/C25H30N2O6/c1-5-7-15-9-19-21(32-13-30-19)11-17(15)26-23(28)25(3,4)24(29)27-18-12-22-20(31-14-33-22)10-16(18)8-6-2/h9-12H,5-8,13-14H2,1-4H3,(H,26,28)(H,27,29). The molecular formula is C25H30N2O6. The molecule has 0 bridgehead atoms. The summed E-state index contributed by atoms with van der Waals surface area (Å²) >= 11 is 0. The highest BCUT2D eigenvalue weighted by molar-refractivity contribution is 6.14. The zero-order valence-electron chi connectivity index (χ0n) is 19.5. The molecule has 0 spiro atoms. The van der Waals surface area contributed by atoms with E-state index < -0.39 is 17.2 Å². The molecule has 8 nitrogen and oxygen atoms in total. The molecule has 0 aliphatic carbocycles. The molecular weight excluding hydrogens is 424 g/mol. The highest BCUT2D eigenvalue weighted by Crippen LogP contribution is 2.39. The Labute approximate surface area is 193 Å². The fraction of sp³-hybridized carbons (Fsp3) is 0.440. The molecule has 2 aliphatic rings. The van der Waals surface area contributed by atoms with E-state index in [1.165, 1.54) is 0 Å². The lowest BCUT2D eigenvalue weighted by atomic mass is 9.90. The van der Waals surface area contributed by atoms with Gasteiger partial charge in [-0.15, -0.1) is 0 Å². The van der Waals surface area contributed by atoms with E-state index in [4.69, 9.17) is 18.9 Å². The summed E-state index contributed by atoms with van der Waals surface area (Å²) in [6.07, 6.45) is 3.32. The molecule has 2 amide bonds. The molecule has 33 heavy (non-hydrogen) atoms. The fourth-order valence-corrected chi connectivity index (χ4v) is 3.81. The van der Waals surface area contributed by atoms with Crippen LogP contribution in [-0.2, 0) is 22.4 Å². The summed E-state index contributed by atoms with van der Waals surface area (Å²) in [7, 11) is 0. The molecule has 2 N–H and O–H groups in total. The molecule has 176 valence electrons. The number of benzene rings is 2. The molecule has 0 radical (unpaired) electrons. The van der Waals surface area contributed by atoms with Gasteiger partial charge in [-0.2, -0.15) is 0 Å². The Morgan fingerprint density at radius 3 is 1.45 bits per heavy atom. The minimum Gasteiger partial charge on any atom is -0.454 e. The van der Waals surface area contributed by atoms with E-state index in [9.17, 15) is 9.59 Å². The number of rotatable bonds is 8. The molecule has 0 saturated carbocycles. The van der Waals surface area contributed by atoms with Crippen molar-refractivity contribution in [1.29, 1.82) is 0 Å². The molecule has 0 aromatic heterocycles. The number of fused-ring (bicyclic) bond motifs is 2. The van der Waals surface area contributed by atoms with Crippen LogP contribution in [-0.4, -0.2) is 25.4 Å². The minimum atomic E-state index is -1.33. The first-order chi connectivity index (χ1) is 15.8. The molecule has 0 fully saturated rings. The van der Waals surface area contributed by atoms with Crippen LogP contribution in [0.4, 0.5) is 11.4 Å². The zero-order valence-corrected chi connectivity index (χ0v) is 19.5. The molecule has 2 aromatic carbocycles. The molecule has 2 aliphatic heterocycles. The molecule has 4 rings (SSSR count). The largest absolute Gasteiger partial charge is 0.454 e. The van der Waals surface area contributed by atoms with Crippen molar-refractivity contribution in [1.82, 2.24) is 0 Å². The number of ether oxygens (including phenoxy) is 4. The maximum absolute atomic E-state index is 13.2. The number of anilines is 2. The summed E-state index contributed by atoms with van der Waals surface area (Å²) in [5.74, 6) is 1.68. The van der Waals surface area contributed by atoms with Gasteiger partial charge in [0.1, 0.15) is 5.41 Å². The van der Waals surface area contributed by atoms with E-state index in [0.717, 1.165) is 36.8 Å². The summed E-state index contributed by atoms with van der Waals surface area (Å²) in [5.41, 5.74) is 1.79. The Morgan fingerprint density at radius 1 is 0.727 bits per heavy atom. The second-order valence-corrected chi connectivity index (χ2v) is 8.76. The monoisotopic (exact) mass is 454 g/mol. The molecule has 2 heterocycles. The lowest BCUT2D eigenvalue weighted by molar-refractivity contribution is -0.135. The smallest absolute Gasteiger partial charge is 0.239 e. The van der Waals surface area contributed by atoms with Gasteiger partial charge in [-0.3, -0.25) is 9.59 Å². The topological polar surface area (TPSA) is 95.1 Å². The van der Waals surface area contributed by atoms with E-state index in [1.54, 1.807) is 26.0 Å². The van der Waals surface area contributed by atoms with Crippen molar-refractivity contribution in [3.63, 3.8) is 0 Å². The number of carbonyl (C=O) groups excluding carboxylic acids is 2. The first-order valence-corrected chi connectivity index (χ1v) is 11.3. The van der Waals surface area contributed by atoms with E-state index >= 15 is 0 Å². The van der Waals surface area contributed by atoms with Gasteiger partial charge < -0.3 is 29.6 Å². The van der Waals surface area contributed by atoms with Gasteiger partial charge in [0, 0.05) is 23.5 Å². The Balaban J connectivity index is 1.54. The number of hydrogen-bond acceptors (Lipinski definition) is 6. The molecule has 0 saturated heterocycles. The molecule has 0 atom stereocenters. The van der Waals surface area contributed by atoms with E-state index in [-0.39, 0.29) is 13.6 Å². The van der Waals surface area contributed by atoms with Gasteiger partial charge in [0.05, 0.1) is 0 Å². The van der Waals surface area contributed by atoms with Crippen LogP contribution < -0.4 is 29.6 Å². The van der Waals surface area contributed by atoms with Crippen LogP contribution in [0.5, 0.6) is 23.0 Å². The van der Waals surface area contributed by atoms with Gasteiger partial charge in [0.2, 0.25) is 25.4 Å². The minimum absolute atomic E-state index is 0.155. The first-order valence-electron chi connectivity index (χ1n) is 11.3. The Hall–Kier alpha value is -3.42. The van der Waals surface area contributed by atoms with Crippen LogP contribution in [0.3, 0.4) is 0 Å². The molecule has 2 aromatic rings. The van der Waals surface area contributed by atoms with Crippen LogP contribution in [0.15, 0.2) is 24.3 Å². The third-order valence-electron chi connectivity index (χ3n) is 5.87. The van der Waals surface area contributed by atoms with Crippen molar-refractivity contribution in [3.05, 3.63) is 35.4 Å². The summed E-state index contributed by atoms with van der Waals surface area (Å²) in [5, 5.41) is 5.87. The van der Waals surface area contributed by atoms with Gasteiger partial charge in [0.15, 0.2) is 23.0 Å². The van der Waals surface area contributed by atoms with Crippen molar-refractivity contribution in [2.45, 2.75) is 53.4 Å². The van der Waals surface area contributed by atoms with E-state index in [0.29, 0.717) is 34.4 Å². The number of aryl methyl sites for hydroxylation is 2. The molecule has 0 unspecified atom stereocenters. The van der Waals surface area contributed by atoms with Crippen molar-refractivity contribution in [2.24, 2.45) is 5.41 Å². The maximum atomic E-state index is 13.2. The summed E-state index contributed by atoms with van der Waals surface area (Å²) in [6.45, 7) is 7.65. The third-order valence-corrected chi connectivity index (χ3v) is 5.87.